The highest BCUT2D eigenvalue weighted by atomic mass is 16.4. The van der Waals surface area contributed by atoms with Crippen LogP contribution < -0.4 is 10.6 Å². The summed E-state index contributed by atoms with van der Waals surface area (Å²) in [7, 11) is 1.72. The second kappa shape index (κ2) is 6.78. The molecule has 0 radical (unpaired) electrons. The van der Waals surface area contributed by atoms with Crippen LogP contribution in [0.3, 0.4) is 0 Å². The Hall–Kier alpha value is -2.04. The average Bonchev–Trinajstić information content (AvgIpc) is 2.37. The first-order valence-electron chi connectivity index (χ1n) is 6.26. The van der Waals surface area contributed by atoms with Gasteiger partial charge in [-0.15, -0.1) is 0 Å². The first-order valence-corrected chi connectivity index (χ1v) is 6.26. The number of carbonyl (C=O) groups excluding carboxylic acids is 1. The van der Waals surface area contributed by atoms with E-state index < -0.39 is 12.0 Å². The molecule has 1 aromatic rings. The Kier molecular flexibility index (Phi) is 5.36. The Labute approximate surface area is 113 Å². The van der Waals surface area contributed by atoms with Gasteiger partial charge in [0.1, 0.15) is 6.04 Å². The zero-order valence-corrected chi connectivity index (χ0v) is 11.4. The molecule has 3 N–H and O–H groups in total. The number of amides is 1. The van der Waals surface area contributed by atoms with Gasteiger partial charge in [0.15, 0.2) is 0 Å². The van der Waals surface area contributed by atoms with Crippen molar-refractivity contribution in [2.45, 2.75) is 26.3 Å². The molecule has 0 saturated heterocycles. The van der Waals surface area contributed by atoms with Crippen LogP contribution in [0.15, 0.2) is 24.3 Å². The number of hydrogen-bond acceptors (Lipinski definition) is 3. The number of para-hydroxylation sites is 1. The van der Waals surface area contributed by atoms with E-state index in [1.54, 1.807) is 25.2 Å². The Morgan fingerprint density at radius 3 is 2.42 bits per heavy atom. The number of aliphatic carboxylic acids is 1. The molecular weight excluding hydrogens is 244 g/mol. The predicted octanol–water partition coefficient (Wildman–Crippen LogP) is 1.96. The average molecular weight is 264 g/mol. The molecule has 0 unspecified atom stereocenters. The normalized spacial score (nSPS) is 12.0. The maximum Gasteiger partial charge on any atom is 0.326 e. The van der Waals surface area contributed by atoms with Crippen LogP contribution in [-0.4, -0.2) is 30.1 Å². The molecule has 0 saturated carbocycles. The fourth-order valence-corrected chi connectivity index (χ4v) is 1.83. The van der Waals surface area contributed by atoms with Crippen molar-refractivity contribution in [2.24, 2.45) is 5.92 Å². The highest BCUT2D eigenvalue weighted by Crippen LogP contribution is 2.15. The Morgan fingerprint density at radius 2 is 1.89 bits per heavy atom. The van der Waals surface area contributed by atoms with E-state index >= 15 is 0 Å². The van der Waals surface area contributed by atoms with E-state index in [1.165, 1.54) is 0 Å². The van der Waals surface area contributed by atoms with E-state index in [0.717, 1.165) is 0 Å². The van der Waals surface area contributed by atoms with Gasteiger partial charge in [0.2, 0.25) is 0 Å². The summed E-state index contributed by atoms with van der Waals surface area (Å²) in [5, 5.41) is 14.6. The molecular formula is C14H20N2O3. The summed E-state index contributed by atoms with van der Waals surface area (Å²) >= 11 is 0. The molecule has 0 aliphatic carbocycles. The van der Waals surface area contributed by atoms with Crippen molar-refractivity contribution in [2.75, 3.05) is 12.4 Å². The molecule has 5 heteroatoms. The van der Waals surface area contributed by atoms with Crippen LogP contribution in [-0.2, 0) is 4.79 Å². The van der Waals surface area contributed by atoms with Crippen LogP contribution in [0.2, 0.25) is 0 Å². The van der Waals surface area contributed by atoms with Crippen molar-refractivity contribution in [1.82, 2.24) is 5.32 Å². The molecule has 1 atom stereocenters. The highest BCUT2D eigenvalue weighted by molar-refractivity contribution is 6.01. The third-order valence-electron chi connectivity index (χ3n) is 2.75. The van der Waals surface area contributed by atoms with Gasteiger partial charge in [0, 0.05) is 12.7 Å². The third-order valence-corrected chi connectivity index (χ3v) is 2.75. The predicted molar refractivity (Wildman–Crippen MR) is 74.3 cm³/mol. The lowest BCUT2D eigenvalue weighted by atomic mass is 10.0. The summed E-state index contributed by atoms with van der Waals surface area (Å²) in [4.78, 5) is 23.2. The van der Waals surface area contributed by atoms with Crippen molar-refractivity contribution >= 4 is 17.6 Å². The zero-order valence-electron chi connectivity index (χ0n) is 11.4. The van der Waals surface area contributed by atoms with Gasteiger partial charge in [0.05, 0.1) is 5.56 Å². The van der Waals surface area contributed by atoms with E-state index in [9.17, 15) is 9.59 Å². The van der Waals surface area contributed by atoms with Crippen LogP contribution in [0.1, 0.15) is 30.6 Å². The minimum absolute atomic E-state index is 0.195. The number of benzene rings is 1. The molecule has 0 bridgehead atoms. The minimum Gasteiger partial charge on any atom is -0.480 e. The molecule has 0 aromatic heterocycles. The fraction of sp³-hybridized carbons (Fsp3) is 0.429. The van der Waals surface area contributed by atoms with Crippen LogP contribution in [0, 0.1) is 5.92 Å². The minimum atomic E-state index is -1.01. The number of carboxylic acids is 1. The number of hydrogen-bond donors (Lipinski definition) is 3. The lowest BCUT2D eigenvalue weighted by Crippen LogP contribution is -2.41. The molecule has 1 aromatic carbocycles. The summed E-state index contributed by atoms with van der Waals surface area (Å²) in [5.41, 5.74) is 1.12. The summed E-state index contributed by atoms with van der Waals surface area (Å²) in [5.74, 6) is -1.19. The van der Waals surface area contributed by atoms with Gasteiger partial charge in [-0.1, -0.05) is 26.0 Å². The number of nitrogens with one attached hydrogen (secondary N) is 2. The monoisotopic (exact) mass is 264 g/mol. The SMILES string of the molecule is CNc1ccccc1C(=O)N[C@@H](CC(C)C)C(=O)O. The van der Waals surface area contributed by atoms with Gasteiger partial charge in [-0.2, -0.15) is 0 Å². The first-order chi connectivity index (χ1) is 8.95. The zero-order chi connectivity index (χ0) is 14.4. The Balaban J connectivity index is 2.84. The van der Waals surface area contributed by atoms with Crippen LogP contribution in [0.5, 0.6) is 0 Å². The second-order valence-electron chi connectivity index (χ2n) is 4.79. The molecule has 5 nitrogen and oxygen atoms in total. The van der Waals surface area contributed by atoms with Crippen molar-refractivity contribution in [3.05, 3.63) is 29.8 Å². The smallest absolute Gasteiger partial charge is 0.326 e. The lowest BCUT2D eigenvalue weighted by molar-refractivity contribution is -0.139. The fourth-order valence-electron chi connectivity index (χ4n) is 1.83. The van der Waals surface area contributed by atoms with Crippen molar-refractivity contribution in [1.29, 1.82) is 0 Å². The van der Waals surface area contributed by atoms with Gasteiger partial charge >= 0.3 is 5.97 Å². The summed E-state index contributed by atoms with van der Waals surface area (Å²) in [6, 6.07) is 6.12. The van der Waals surface area contributed by atoms with Gasteiger partial charge in [-0.25, -0.2) is 4.79 Å². The molecule has 0 aliphatic rings. The van der Waals surface area contributed by atoms with E-state index in [4.69, 9.17) is 5.11 Å². The number of carboxylic acid groups (broad SMARTS) is 1. The van der Waals surface area contributed by atoms with Gasteiger partial charge in [-0.05, 0) is 24.5 Å². The van der Waals surface area contributed by atoms with E-state index in [-0.39, 0.29) is 11.8 Å². The lowest BCUT2D eigenvalue weighted by Gasteiger charge is -2.17. The molecule has 19 heavy (non-hydrogen) atoms. The first kappa shape index (κ1) is 15.0. The molecule has 104 valence electrons. The number of anilines is 1. The molecule has 0 spiro atoms. The molecule has 0 heterocycles. The Bertz CT molecular complexity index is 458. The largest absolute Gasteiger partial charge is 0.480 e. The van der Waals surface area contributed by atoms with Gasteiger partial charge in [-0.3, -0.25) is 4.79 Å². The third kappa shape index (κ3) is 4.28. The van der Waals surface area contributed by atoms with E-state index in [0.29, 0.717) is 17.7 Å². The Morgan fingerprint density at radius 1 is 1.26 bits per heavy atom. The molecule has 0 fully saturated rings. The summed E-state index contributed by atoms with van der Waals surface area (Å²) in [6.07, 6.45) is 0.406. The topological polar surface area (TPSA) is 78.4 Å². The molecule has 1 rings (SSSR count). The van der Waals surface area contributed by atoms with Crippen LogP contribution in [0.4, 0.5) is 5.69 Å². The second-order valence-corrected chi connectivity index (χ2v) is 4.79. The molecule has 1 amide bonds. The summed E-state index contributed by atoms with van der Waals surface area (Å²) in [6.45, 7) is 3.84. The van der Waals surface area contributed by atoms with Crippen LogP contribution in [0.25, 0.3) is 0 Å². The summed E-state index contributed by atoms with van der Waals surface area (Å²) < 4.78 is 0. The van der Waals surface area contributed by atoms with E-state index in [2.05, 4.69) is 10.6 Å². The van der Waals surface area contributed by atoms with E-state index in [1.807, 2.05) is 19.9 Å². The highest BCUT2D eigenvalue weighted by Gasteiger charge is 2.22. The quantitative estimate of drug-likeness (QED) is 0.734. The maximum absolute atomic E-state index is 12.1. The standard InChI is InChI=1S/C14H20N2O3/c1-9(2)8-12(14(18)19)16-13(17)10-6-4-5-7-11(10)15-3/h4-7,9,12,15H,8H2,1-3H3,(H,16,17)(H,18,19)/t12-/m0/s1. The maximum atomic E-state index is 12.1. The van der Waals surface area contributed by atoms with Crippen molar-refractivity contribution < 1.29 is 14.7 Å². The van der Waals surface area contributed by atoms with Gasteiger partial charge in [0.25, 0.3) is 5.91 Å². The molecule has 0 aliphatic heterocycles. The number of carbonyl (C=O) groups is 2. The van der Waals surface area contributed by atoms with Crippen molar-refractivity contribution in [3.63, 3.8) is 0 Å². The number of rotatable bonds is 6. The van der Waals surface area contributed by atoms with Gasteiger partial charge < -0.3 is 15.7 Å². The van der Waals surface area contributed by atoms with Crippen molar-refractivity contribution in [3.8, 4) is 0 Å². The van der Waals surface area contributed by atoms with Crippen LogP contribution >= 0.6 is 0 Å².